The lowest BCUT2D eigenvalue weighted by atomic mass is 10.0. The molecule has 1 atom stereocenters. The highest BCUT2D eigenvalue weighted by Gasteiger charge is 2.18. The van der Waals surface area contributed by atoms with Crippen LogP contribution >= 0.6 is 0 Å². The van der Waals surface area contributed by atoms with Gasteiger partial charge in [0.05, 0.1) is 6.61 Å². The lowest BCUT2D eigenvalue weighted by Crippen LogP contribution is -2.38. The predicted molar refractivity (Wildman–Crippen MR) is 83.1 cm³/mol. The van der Waals surface area contributed by atoms with Crippen LogP contribution in [0.3, 0.4) is 0 Å². The van der Waals surface area contributed by atoms with E-state index in [0.717, 1.165) is 25.2 Å². The molecule has 5 nitrogen and oxygen atoms in total. The normalized spacial score (nSPS) is 18.3. The van der Waals surface area contributed by atoms with Crippen molar-refractivity contribution in [3.05, 3.63) is 34.9 Å². The number of hydrogen-bond donors (Lipinski definition) is 3. The van der Waals surface area contributed by atoms with Crippen molar-refractivity contribution in [3.63, 3.8) is 0 Å². The number of nitrogens with one attached hydrogen (secondary N) is 1. The van der Waals surface area contributed by atoms with Gasteiger partial charge in [0.2, 0.25) is 5.91 Å². The lowest BCUT2D eigenvalue weighted by molar-refractivity contribution is 0.1000. The Balaban J connectivity index is 2.03. The van der Waals surface area contributed by atoms with Gasteiger partial charge in [0, 0.05) is 31.2 Å². The first-order valence-electron chi connectivity index (χ1n) is 7.56. The first kappa shape index (κ1) is 15.9. The van der Waals surface area contributed by atoms with Crippen molar-refractivity contribution in [2.45, 2.75) is 32.4 Å². The molecular formula is C16H25N3O2. The van der Waals surface area contributed by atoms with Crippen LogP contribution < -0.4 is 11.1 Å². The van der Waals surface area contributed by atoms with Gasteiger partial charge in [0.15, 0.2) is 0 Å². The molecule has 1 heterocycles. The largest absolute Gasteiger partial charge is 0.395 e. The molecule has 116 valence electrons. The third kappa shape index (κ3) is 4.52. The number of carbonyl (C=O) groups excluding carboxylic acids is 1. The van der Waals surface area contributed by atoms with Crippen molar-refractivity contribution >= 4 is 5.91 Å². The van der Waals surface area contributed by atoms with Crippen molar-refractivity contribution in [1.29, 1.82) is 0 Å². The number of rotatable bonds is 7. The Morgan fingerprint density at radius 2 is 2.33 bits per heavy atom. The Bertz CT molecular complexity index is 484. The summed E-state index contributed by atoms with van der Waals surface area (Å²) in [7, 11) is 0. The summed E-state index contributed by atoms with van der Waals surface area (Å²) in [5, 5.41) is 12.7. The smallest absolute Gasteiger partial charge is 0.248 e. The minimum Gasteiger partial charge on any atom is -0.395 e. The van der Waals surface area contributed by atoms with Crippen molar-refractivity contribution in [3.8, 4) is 0 Å². The van der Waals surface area contributed by atoms with E-state index >= 15 is 0 Å². The molecule has 0 radical (unpaired) electrons. The zero-order valence-electron chi connectivity index (χ0n) is 12.6. The molecule has 0 bridgehead atoms. The molecule has 1 aliphatic heterocycles. The van der Waals surface area contributed by atoms with Gasteiger partial charge < -0.3 is 16.2 Å². The molecule has 1 unspecified atom stereocenters. The standard InChI is InChI=1S/C16H25N3O2/c1-12-9-13(16(17)21)4-5-14(12)10-19(7-8-20)11-15-3-2-6-18-15/h4-5,9,15,18,20H,2-3,6-8,10-11H2,1H3,(H2,17,21). The number of aliphatic hydroxyl groups excluding tert-OH is 1. The molecule has 1 aliphatic rings. The van der Waals surface area contributed by atoms with Gasteiger partial charge in [-0.15, -0.1) is 0 Å². The van der Waals surface area contributed by atoms with Gasteiger partial charge in [-0.2, -0.15) is 0 Å². The van der Waals surface area contributed by atoms with Crippen LogP contribution in [-0.2, 0) is 6.54 Å². The summed E-state index contributed by atoms with van der Waals surface area (Å²) < 4.78 is 0. The van der Waals surface area contributed by atoms with E-state index in [4.69, 9.17) is 5.73 Å². The van der Waals surface area contributed by atoms with Crippen LogP contribution in [0.4, 0.5) is 0 Å². The molecule has 0 aliphatic carbocycles. The molecule has 0 saturated carbocycles. The quantitative estimate of drug-likeness (QED) is 0.689. The van der Waals surface area contributed by atoms with Gasteiger partial charge in [0.1, 0.15) is 0 Å². The summed E-state index contributed by atoms with van der Waals surface area (Å²) in [5.74, 6) is -0.396. The van der Waals surface area contributed by atoms with E-state index in [9.17, 15) is 9.90 Å². The number of primary amides is 1. The number of benzene rings is 1. The summed E-state index contributed by atoms with van der Waals surface area (Å²) >= 11 is 0. The topological polar surface area (TPSA) is 78.6 Å². The van der Waals surface area contributed by atoms with Gasteiger partial charge >= 0.3 is 0 Å². The number of aliphatic hydroxyl groups is 1. The SMILES string of the molecule is Cc1cc(C(N)=O)ccc1CN(CCO)CC1CCCN1. The van der Waals surface area contributed by atoms with E-state index in [1.54, 1.807) is 6.07 Å². The second kappa shape index (κ2) is 7.54. The Kier molecular flexibility index (Phi) is 5.73. The van der Waals surface area contributed by atoms with E-state index < -0.39 is 5.91 Å². The zero-order valence-corrected chi connectivity index (χ0v) is 12.6. The fraction of sp³-hybridized carbons (Fsp3) is 0.562. The highest BCUT2D eigenvalue weighted by molar-refractivity contribution is 5.93. The Morgan fingerprint density at radius 1 is 1.52 bits per heavy atom. The van der Waals surface area contributed by atoms with Gasteiger partial charge in [-0.3, -0.25) is 9.69 Å². The second-order valence-electron chi connectivity index (χ2n) is 5.76. The molecule has 1 aromatic rings. The van der Waals surface area contributed by atoms with E-state index in [-0.39, 0.29) is 6.61 Å². The van der Waals surface area contributed by atoms with Gasteiger partial charge in [0.25, 0.3) is 0 Å². The highest BCUT2D eigenvalue weighted by atomic mass is 16.3. The van der Waals surface area contributed by atoms with E-state index in [2.05, 4.69) is 10.2 Å². The molecule has 0 spiro atoms. The summed E-state index contributed by atoms with van der Waals surface area (Å²) in [6, 6.07) is 6.09. The number of aryl methyl sites for hydroxylation is 1. The monoisotopic (exact) mass is 291 g/mol. The minimum absolute atomic E-state index is 0.158. The van der Waals surface area contributed by atoms with Crippen LogP contribution in [0, 0.1) is 6.92 Å². The number of nitrogens with two attached hydrogens (primary N) is 1. The maximum Gasteiger partial charge on any atom is 0.248 e. The molecule has 21 heavy (non-hydrogen) atoms. The summed E-state index contributed by atoms with van der Waals surface area (Å²) in [6.07, 6.45) is 2.42. The summed E-state index contributed by atoms with van der Waals surface area (Å²) in [5.41, 5.74) is 8.08. The predicted octanol–water partition coefficient (Wildman–Crippen LogP) is 0.640. The average molecular weight is 291 g/mol. The Labute approximate surface area is 126 Å². The van der Waals surface area contributed by atoms with Crippen molar-refractivity contribution < 1.29 is 9.90 Å². The molecule has 1 amide bonds. The molecule has 0 aromatic heterocycles. The first-order valence-corrected chi connectivity index (χ1v) is 7.56. The molecule has 1 saturated heterocycles. The van der Waals surface area contributed by atoms with Crippen LogP contribution in [0.5, 0.6) is 0 Å². The molecule has 4 N–H and O–H groups in total. The van der Waals surface area contributed by atoms with Gasteiger partial charge in [-0.05, 0) is 49.6 Å². The molecule has 1 aromatic carbocycles. The van der Waals surface area contributed by atoms with Crippen LogP contribution in [0.15, 0.2) is 18.2 Å². The number of carbonyl (C=O) groups is 1. The molecule has 1 fully saturated rings. The maximum absolute atomic E-state index is 11.2. The van der Waals surface area contributed by atoms with E-state index in [0.29, 0.717) is 18.2 Å². The zero-order chi connectivity index (χ0) is 15.2. The first-order chi connectivity index (χ1) is 10.1. The number of amides is 1. The summed E-state index contributed by atoms with van der Waals surface area (Å²) in [6.45, 7) is 5.62. The Hall–Kier alpha value is -1.43. The average Bonchev–Trinajstić information content (AvgIpc) is 2.94. The van der Waals surface area contributed by atoms with Crippen LogP contribution in [0.2, 0.25) is 0 Å². The Morgan fingerprint density at radius 3 is 2.90 bits per heavy atom. The van der Waals surface area contributed by atoms with Crippen molar-refractivity contribution in [1.82, 2.24) is 10.2 Å². The fourth-order valence-corrected chi connectivity index (χ4v) is 2.87. The lowest BCUT2D eigenvalue weighted by Gasteiger charge is -2.25. The maximum atomic E-state index is 11.2. The number of nitrogens with zero attached hydrogens (tertiary/aromatic N) is 1. The van der Waals surface area contributed by atoms with Crippen LogP contribution in [-0.4, -0.2) is 48.2 Å². The summed E-state index contributed by atoms with van der Waals surface area (Å²) in [4.78, 5) is 13.4. The van der Waals surface area contributed by atoms with Crippen LogP contribution in [0.1, 0.15) is 34.3 Å². The van der Waals surface area contributed by atoms with Crippen molar-refractivity contribution in [2.75, 3.05) is 26.2 Å². The van der Waals surface area contributed by atoms with E-state index in [1.165, 1.54) is 18.4 Å². The molecule has 2 rings (SSSR count). The second-order valence-corrected chi connectivity index (χ2v) is 5.76. The van der Waals surface area contributed by atoms with Gasteiger partial charge in [-0.1, -0.05) is 6.07 Å². The third-order valence-electron chi connectivity index (χ3n) is 4.08. The van der Waals surface area contributed by atoms with E-state index in [1.807, 2.05) is 19.1 Å². The highest BCUT2D eigenvalue weighted by Crippen LogP contribution is 2.15. The number of hydrogen-bond acceptors (Lipinski definition) is 4. The van der Waals surface area contributed by atoms with Gasteiger partial charge in [-0.25, -0.2) is 0 Å². The van der Waals surface area contributed by atoms with Crippen molar-refractivity contribution in [2.24, 2.45) is 5.73 Å². The minimum atomic E-state index is -0.396. The molecule has 5 heteroatoms. The van der Waals surface area contributed by atoms with Crippen LogP contribution in [0.25, 0.3) is 0 Å². The fourth-order valence-electron chi connectivity index (χ4n) is 2.87. The molecular weight excluding hydrogens is 266 g/mol. The third-order valence-corrected chi connectivity index (χ3v) is 4.08.